The van der Waals surface area contributed by atoms with E-state index in [2.05, 4.69) is 15.2 Å². The van der Waals surface area contributed by atoms with Crippen LogP contribution in [0, 0.1) is 13.8 Å². The van der Waals surface area contributed by atoms with Crippen LogP contribution >= 0.6 is 11.6 Å². The van der Waals surface area contributed by atoms with Gasteiger partial charge >= 0.3 is 0 Å². The molecule has 6 heteroatoms. The first kappa shape index (κ1) is 14.0. The highest BCUT2D eigenvalue weighted by molar-refractivity contribution is 6.32. The minimum Gasteiger partial charge on any atom is -0.369 e. The van der Waals surface area contributed by atoms with Gasteiger partial charge in [0, 0.05) is 12.8 Å². The van der Waals surface area contributed by atoms with E-state index in [1.54, 1.807) is 7.11 Å². The highest BCUT2D eigenvalue weighted by atomic mass is 35.5. The molecule has 0 saturated carbocycles. The smallest absolute Gasteiger partial charge is 0.198 e. The summed E-state index contributed by atoms with van der Waals surface area (Å²) < 4.78 is 7.55. The zero-order valence-corrected chi connectivity index (χ0v) is 12.8. The Morgan fingerprint density at radius 3 is 2.52 bits per heavy atom. The lowest BCUT2D eigenvalue weighted by molar-refractivity contribution is 0.128. The Labute approximate surface area is 127 Å². The maximum absolute atomic E-state index is 6.17. The van der Waals surface area contributed by atoms with Crippen molar-refractivity contribution in [3.63, 3.8) is 0 Å². The first-order valence-electron chi connectivity index (χ1n) is 6.59. The number of nitrogens with zero attached hydrogens (tertiary/aromatic N) is 4. The first-order valence-corrected chi connectivity index (χ1v) is 6.96. The Hall–Kier alpha value is -1.98. The molecule has 1 aromatic carbocycles. The van der Waals surface area contributed by atoms with E-state index in [0.29, 0.717) is 16.6 Å². The maximum atomic E-state index is 6.17. The van der Waals surface area contributed by atoms with E-state index in [-0.39, 0.29) is 6.10 Å². The number of methoxy groups -OCH3 is 1. The van der Waals surface area contributed by atoms with Gasteiger partial charge in [-0.05, 0) is 19.4 Å². The number of rotatable bonds is 3. The van der Waals surface area contributed by atoms with Gasteiger partial charge in [-0.1, -0.05) is 41.9 Å². The van der Waals surface area contributed by atoms with Crippen LogP contribution in [0.3, 0.4) is 0 Å². The van der Waals surface area contributed by atoms with Crippen molar-refractivity contribution in [3.8, 4) is 0 Å². The van der Waals surface area contributed by atoms with Crippen molar-refractivity contribution in [2.45, 2.75) is 20.0 Å². The summed E-state index contributed by atoms with van der Waals surface area (Å²) in [5.74, 6) is 0.698. The lowest BCUT2D eigenvalue weighted by Crippen LogP contribution is -2.11. The molecule has 0 amide bonds. The summed E-state index contributed by atoms with van der Waals surface area (Å²) in [6.07, 6.45) is -0.308. The van der Waals surface area contributed by atoms with Gasteiger partial charge in [0.05, 0.1) is 5.69 Å². The molecule has 2 aromatic heterocycles. The molecule has 1 atom stereocenters. The Morgan fingerprint density at radius 1 is 1.14 bits per heavy atom. The van der Waals surface area contributed by atoms with Crippen LogP contribution in [-0.4, -0.2) is 26.7 Å². The third kappa shape index (κ3) is 2.28. The van der Waals surface area contributed by atoms with Gasteiger partial charge in [-0.15, -0.1) is 10.2 Å². The van der Waals surface area contributed by atoms with Gasteiger partial charge in [-0.3, -0.25) is 4.40 Å². The summed E-state index contributed by atoms with van der Waals surface area (Å²) in [5.41, 5.74) is 3.36. The number of aryl methyl sites for hydroxylation is 2. The molecule has 2 heterocycles. The second-order valence-corrected chi connectivity index (χ2v) is 5.18. The second kappa shape index (κ2) is 5.42. The third-order valence-corrected chi connectivity index (χ3v) is 3.82. The van der Waals surface area contributed by atoms with Crippen LogP contribution in [0.1, 0.15) is 28.9 Å². The van der Waals surface area contributed by atoms with Crippen molar-refractivity contribution >= 4 is 17.2 Å². The molecule has 0 aliphatic heterocycles. The Kier molecular flexibility index (Phi) is 3.61. The van der Waals surface area contributed by atoms with Gasteiger partial charge < -0.3 is 4.74 Å². The third-order valence-electron chi connectivity index (χ3n) is 3.57. The monoisotopic (exact) mass is 302 g/mol. The van der Waals surface area contributed by atoms with E-state index in [9.17, 15) is 0 Å². The lowest BCUT2D eigenvalue weighted by Gasteiger charge is -2.15. The number of ether oxygens (including phenoxy) is 1. The fraction of sp³-hybridized carbons (Fsp3) is 0.267. The molecular weight excluding hydrogens is 288 g/mol. The van der Waals surface area contributed by atoms with Gasteiger partial charge in [0.15, 0.2) is 16.6 Å². The molecule has 0 aliphatic carbocycles. The molecule has 0 spiro atoms. The number of hydrogen-bond donors (Lipinski definition) is 0. The number of fused-ring (bicyclic) bond motifs is 1. The van der Waals surface area contributed by atoms with Crippen LogP contribution in [0.15, 0.2) is 30.3 Å². The van der Waals surface area contributed by atoms with E-state index < -0.39 is 0 Å². The van der Waals surface area contributed by atoms with Gasteiger partial charge in [0.25, 0.3) is 0 Å². The maximum Gasteiger partial charge on any atom is 0.198 e. The van der Waals surface area contributed by atoms with Crippen molar-refractivity contribution in [3.05, 3.63) is 58.3 Å². The number of hydrogen-bond acceptors (Lipinski definition) is 4. The zero-order chi connectivity index (χ0) is 15.0. The molecule has 0 N–H and O–H groups in total. The number of halogens is 1. The fourth-order valence-electron chi connectivity index (χ4n) is 2.39. The van der Waals surface area contributed by atoms with Gasteiger partial charge in [-0.25, -0.2) is 4.98 Å². The molecule has 1 unspecified atom stereocenters. The second-order valence-electron chi connectivity index (χ2n) is 4.82. The minimum atomic E-state index is -0.308. The molecular formula is C15H15ClN4O. The first-order chi connectivity index (χ1) is 10.1. The average molecular weight is 303 g/mol. The molecule has 0 saturated heterocycles. The Morgan fingerprint density at radius 2 is 1.86 bits per heavy atom. The van der Waals surface area contributed by atoms with Crippen LogP contribution in [-0.2, 0) is 4.74 Å². The van der Waals surface area contributed by atoms with Crippen molar-refractivity contribution in [2.75, 3.05) is 7.11 Å². The quantitative estimate of drug-likeness (QED) is 0.746. The molecule has 5 nitrogen and oxygen atoms in total. The summed E-state index contributed by atoms with van der Waals surface area (Å²) in [6.45, 7) is 3.88. The van der Waals surface area contributed by atoms with Crippen molar-refractivity contribution in [1.82, 2.24) is 19.6 Å². The van der Waals surface area contributed by atoms with Gasteiger partial charge in [0.1, 0.15) is 6.10 Å². The van der Waals surface area contributed by atoms with Crippen LogP contribution in [0.25, 0.3) is 5.65 Å². The van der Waals surface area contributed by atoms with Crippen LogP contribution < -0.4 is 0 Å². The van der Waals surface area contributed by atoms with Gasteiger partial charge in [0.2, 0.25) is 0 Å². The summed E-state index contributed by atoms with van der Waals surface area (Å²) in [4.78, 5) is 4.27. The minimum absolute atomic E-state index is 0.308. The Balaban J connectivity index is 2.25. The molecule has 3 aromatic rings. The normalized spacial score (nSPS) is 12.8. The lowest BCUT2D eigenvalue weighted by atomic mass is 10.1. The topological polar surface area (TPSA) is 52.3 Å². The molecule has 0 radical (unpaired) electrons. The SMILES string of the molecule is COC(c1ccccc1)c1nnc2c(Cl)nc(C)c(C)n12. The predicted molar refractivity (Wildman–Crippen MR) is 80.6 cm³/mol. The van der Waals surface area contributed by atoms with Crippen molar-refractivity contribution < 1.29 is 4.74 Å². The molecule has 0 fully saturated rings. The van der Waals surface area contributed by atoms with Crippen molar-refractivity contribution in [1.29, 1.82) is 0 Å². The van der Waals surface area contributed by atoms with E-state index in [0.717, 1.165) is 17.0 Å². The molecule has 3 rings (SSSR count). The van der Waals surface area contributed by atoms with Crippen LogP contribution in [0.5, 0.6) is 0 Å². The van der Waals surface area contributed by atoms with Crippen LogP contribution in [0.4, 0.5) is 0 Å². The van der Waals surface area contributed by atoms with E-state index in [4.69, 9.17) is 16.3 Å². The van der Waals surface area contributed by atoms with Gasteiger partial charge in [-0.2, -0.15) is 0 Å². The van der Waals surface area contributed by atoms with Crippen LogP contribution in [0.2, 0.25) is 5.15 Å². The van der Waals surface area contributed by atoms with E-state index in [1.165, 1.54) is 0 Å². The van der Waals surface area contributed by atoms with E-state index in [1.807, 2.05) is 48.6 Å². The zero-order valence-electron chi connectivity index (χ0n) is 12.0. The molecule has 21 heavy (non-hydrogen) atoms. The number of benzene rings is 1. The molecule has 0 bridgehead atoms. The standard InChI is InChI=1S/C15H15ClN4O/c1-9-10(2)20-14(18-19-15(20)13(16)17-9)12(21-3)11-7-5-4-6-8-11/h4-8,12H,1-3H3. The highest BCUT2D eigenvalue weighted by Gasteiger charge is 2.22. The largest absolute Gasteiger partial charge is 0.369 e. The number of aromatic nitrogens is 4. The summed E-state index contributed by atoms with van der Waals surface area (Å²) in [6, 6.07) is 9.91. The fourth-order valence-corrected chi connectivity index (χ4v) is 2.64. The van der Waals surface area contributed by atoms with Crippen molar-refractivity contribution in [2.24, 2.45) is 0 Å². The summed E-state index contributed by atoms with van der Waals surface area (Å²) in [7, 11) is 1.66. The molecule has 108 valence electrons. The highest BCUT2D eigenvalue weighted by Crippen LogP contribution is 2.27. The summed E-state index contributed by atoms with van der Waals surface area (Å²) in [5, 5.41) is 8.77. The average Bonchev–Trinajstić information content (AvgIpc) is 2.92. The summed E-state index contributed by atoms with van der Waals surface area (Å²) >= 11 is 6.17. The molecule has 0 aliphatic rings. The Bertz CT molecular complexity index is 785. The predicted octanol–water partition coefficient (Wildman–Crippen LogP) is 3.13. The van der Waals surface area contributed by atoms with E-state index >= 15 is 0 Å².